The van der Waals surface area contributed by atoms with E-state index in [1.54, 1.807) is 0 Å². The third kappa shape index (κ3) is 2.54. The number of unbranched alkanes of at least 4 members (excludes halogenated alkanes) is 2. The zero-order valence-electron chi connectivity index (χ0n) is 10.9. The Labute approximate surface area is 104 Å². The molecular formula is C14H23NO2. The van der Waals surface area contributed by atoms with Gasteiger partial charge in [-0.3, -0.25) is 4.90 Å². The van der Waals surface area contributed by atoms with Crippen LogP contribution < -0.4 is 0 Å². The van der Waals surface area contributed by atoms with Crippen molar-refractivity contribution in [2.24, 2.45) is 0 Å². The van der Waals surface area contributed by atoms with Crippen molar-refractivity contribution in [1.82, 2.24) is 4.90 Å². The fourth-order valence-corrected chi connectivity index (χ4v) is 3.14. The van der Waals surface area contributed by atoms with Crippen molar-refractivity contribution < 1.29 is 9.53 Å². The number of rotatable bonds is 5. The SMILES string of the molecule is CCCCCN1[C@@H]2CC=C(C(=O)OC)[C@H]1CC2. The summed E-state index contributed by atoms with van der Waals surface area (Å²) < 4.78 is 4.88. The molecule has 2 aliphatic heterocycles. The molecule has 0 saturated carbocycles. The first-order valence-corrected chi connectivity index (χ1v) is 6.82. The molecule has 0 amide bonds. The van der Waals surface area contributed by atoms with Gasteiger partial charge in [0.2, 0.25) is 0 Å². The van der Waals surface area contributed by atoms with E-state index in [9.17, 15) is 4.79 Å². The molecule has 96 valence electrons. The molecule has 2 heterocycles. The number of hydrogen-bond donors (Lipinski definition) is 0. The van der Waals surface area contributed by atoms with E-state index in [4.69, 9.17) is 4.74 Å². The Morgan fingerprint density at radius 1 is 1.47 bits per heavy atom. The maximum Gasteiger partial charge on any atom is 0.335 e. The summed E-state index contributed by atoms with van der Waals surface area (Å²) in [5, 5.41) is 0. The first kappa shape index (κ1) is 12.6. The van der Waals surface area contributed by atoms with Crippen molar-refractivity contribution >= 4 is 5.97 Å². The maximum absolute atomic E-state index is 11.7. The van der Waals surface area contributed by atoms with Gasteiger partial charge in [-0.2, -0.15) is 0 Å². The molecule has 0 N–H and O–H groups in total. The lowest BCUT2D eigenvalue weighted by Crippen LogP contribution is -2.42. The molecule has 2 bridgehead atoms. The quantitative estimate of drug-likeness (QED) is 0.543. The van der Waals surface area contributed by atoms with Crippen molar-refractivity contribution in [2.75, 3.05) is 13.7 Å². The summed E-state index contributed by atoms with van der Waals surface area (Å²) >= 11 is 0. The number of carbonyl (C=O) groups excluding carboxylic acids is 1. The number of fused-ring (bicyclic) bond motifs is 2. The molecule has 0 radical (unpaired) electrons. The smallest absolute Gasteiger partial charge is 0.335 e. The Balaban J connectivity index is 2.00. The molecule has 0 unspecified atom stereocenters. The number of hydrogen-bond acceptors (Lipinski definition) is 3. The molecule has 0 aromatic rings. The fraction of sp³-hybridized carbons (Fsp3) is 0.786. The predicted octanol–water partition coefficient (Wildman–Crippen LogP) is 2.51. The average molecular weight is 237 g/mol. The number of esters is 1. The third-order valence-electron chi connectivity index (χ3n) is 4.05. The number of carbonyl (C=O) groups is 1. The highest BCUT2D eigenvalue weighted by atomic mass is 16.5. The lowest BCUT2D eigenvalue weighted by Gasteiger charge is -2.34. The molecule has 0 spiro atoms. The highest BCUT2D eigenvalue weighted by Crippen LogP contribution is 2.36. The molecule has 2 rings (SSSR count). The van der Waals surface area contributed by atoms with Crippen molar-refractivity contribution in [3.05, 3.63) is 11.6 Å². The van der Waals surface area contributed by atoms with Crippen LogP contribution in [-0.2, 0) is 9.53 Å². The Bertz CT molecular complexity index is 311. The van der Waals surface area contributed by atoms with Crippen LogP contribution in [0.5, 0.6) is 0 Å². The van der Waals surface area contributed by atoms with Gasteiger partial charge in [-0.05, 0) is 32.2 Å². The first-order chi connectivity index (χ1) is 8.27. The highest BCUT2D eigenvalue weighted by molar-refractivity contribution is 5.90. The lowest BCUT2D eigenvalue weighted by atomic mass is 10.0. The zero-order valence-corrected chi connectivity index (χ0v) is 10.9. The largest absolute Gasteiger partial charge is 0.466 e. The summed E-state index contributed by atoms with van der Waals surface area (Å²) in [6, 6.07) is 1.00. The normalized spacial score (nSPS) is 28.0. The zero-order chi connectivity index (χ0) is 12.3. The molecule has 1 saturated heterocycles. The fourth-order valence-electron chi connectivity index (χ4n) is 3.14. The Morgan fingerprint density at radius 2 is 2.29 bits per heavy atom. The van der Waals surface area contributed by atoms with Crippen molar-refractivity contribution in [1.29, 1.82) is 0 Å². The van der Waals surface area contributed by atoms with Crippen LogP contribution in [0.25, 0.3) is 0 Å². The van der Waals surface area contributed by atoms with Crippen molar-refractivity contribution in [2.45, 2.75) is 57.5 Å². The third-order valence-corrected chi connectivity index (χ3v) is 4.05. The van der Waals surface area contributed by atoms with Gasteiger partial charge < -0.3 is 4.74 Å². The van der Waals surface area contributed by atoms with Gasteiger partial charge in [0, 0.05) is 12.1 Å². The second kappa shape index (κ2) is 5.67. The molecule has 0 aromatic heterocycles. The standard InChI is InChI=1S/C14H23NO2/c1-3-4-5-10-15-11-6-8-12(14(16)17-2)13(15)9-7-11/h8,11,13H,3-7,9-10H2,1-2H3/t11-,13-/m1/s1. The molecule has 2 atom stereocenters. The second-order valence-electron chi connectivity index (χ2n) is 5.08. The molecule has 3 heteroatoms. The number of nitrogens with zero attached hydrogens (tertiary/aromatic N) is 1. The second-order valence-corrected chi connectivity index (χ2v) is 5.08. The molecule has 2 aliphatic rings. The topological polar surface area (TPSA) is 29.5 Å². The number of ether oxygens (including phenoxy) is 1. The van der Waals surface area contributed by atoms with Gasteiger partial charge in [0.25, 0.3) is 0 Å². The van der Waals surface area contributed by atoms with E-state index in [0.29, 0.717) is 12.1 Å². The van der Waals surface area contributed by atoms with E-state index in [-0.39, 0.29) is 5.97 Å². The van der Waals surface area contributed by atoms with Gasteiger partial charge >= 0.3 is 5.97 Å². The minimum absolute atomic E-state index is 0.129. The van der Waals surface area contributed by atoms with Gasteiger partial charge in [0.05, 0.1) is 12.7 Å². The van der Waals surface area contributed by atoms with Crippen molar-refractivity contribution in [3.63, 3.8) is 0 Å². The lowest BCUT2D eigenvalue weighted by molar-refractivity contribution is -0.137. The Kier molecular flexibility index (Phi) is 4.21. The minimum Gasteiger partial charge on any atom is -0.466 e. The van der Waals surface area contributed by atoms with E-state index in [1.165, 1.54) is 32.8 Å². The molecule has 0 aromatic carbocycles. The van der Waals surface area contributed by atoms with Crippen LogP contribution in [0.2, 0.25) is 0 Å². The van der Waals surface area contributed by atoms with Crippen LogP contribution in [0.15, 0.2) is 11.6 Å². The minimum atomic E-state index is -0.129. The Hall–Kier alpha value is -0.830. The van der Waals surface area contributed by atoms with Crippen LogP contribution in [0.4, 0.5) is 0 Å². The van der Waals surface area contributed by atoms with Gasteiger partial charge in [0.1, 0.15) is 0 Å². The van der Waals surface area contributed by atoms with E-state index in [0.717, 1.165) is 25.0 Å². The van der Waals surface area contributed by atoms with Gasteiger partial charge in [-0.25, -0.2) is 4.79 Å². The molecule has 17 heavy (non-hydrogen) atoms. The summed E-state index contributed by atoms with van der Waals surface area (Å²) in [7, 11) is 1.48. The van der Waals surface area contributed by atoms with E-state index >= 15 is 0 Å². The highest BCUT2D eigenvalue weighted by Gasteiger charge is 2.40. The van der Waals surface area contributed by atoms with Gasteiger partial charge in [-0.15, -0.1) is 0 Å². The number of methoxy groups -OCH3 is 1. The predicted molar refractivity (Wildman–Crippen MR) is 67.8 cm³/mol. The van der Waals surface area contributed by atoms with E-state index in [1.807, 2.05) is 0 Å². The monoisotopic (exact) mass is 237 g/mol. The maximum atomic E-state index is 11.7. The average Bonchev–Trinajstić information content (AvgIpc) is 2.61. The molecule has 1 fully saturated rings. The van der Waals surface area contributed by atoms with E-state index < -0.39 is 0 Å². The van der Waals surface area contributed by atoms with Crippen LogP contribution in [0.1, 0.15) is 45.4 Å². The summed E-state index contributed by atoms with van der Waals surface area (Å²) in [5.74, 6) is -0.129. The van der Waals surface area contributed by atoms with Gasteiger partial charge in [0.15, 0.2) is 0 Å². The van der Waals surface area contributed by atoms with Gasteiger partial charge in [-0.1, -0.05) is 25.8 Å². The summed E-state index contributed by atoms with van der Waals surface area (Å²) in [6.07, 6.45) is 9.26. The molecular weight excluding hydrogens is 214 g/mol. The first-order valence-electron chi connectivity index (χ1n) is 6.82. The summed E-state index contributed by atoms with van der Waals surface area (Å²) in [6.45, 7) is 3.36. The van der Waals surface area contributed by atoms with Crippen molar-refractivity contribution in [3.8, 4) is 0 Å². The molecule has 0 aliphatic carbocycles. The van der Waals surface area contributed by atoms with Crippen LogP contribution in [0.3, 0.4) is 0 Å². The van der Waals surface area contributed by atoms with Crippen LogP contribution in [-0.4, -0.2) is 36.6 Å². The van der Waals surface area contributed by atoms with Crippen LogP contribution in [0, 0.1) is 0 Å². The summed E-state index contributed by atoms with van der Waals surface area (Å²) in [5.41, 5.74) is 0.901. The van der Waals surface area contributed by atoms with E-state index in [2.05, 4.69) is 17.9 Å². The molecule has 3 nitrogen and oxygen atoms in total. The Morgan fingerprint density at radius 3 is 3.00 bits per heavy atom. The summed E-state index contributed by atoms with van der Waals surface area (Å²) in [4.78, 5) is 14.2. The van der Waals surface area contributed by atoms with Crippen LogP contribution >= 0.6 is 0 Å².